The van der Waals surface area contributed by atoms with Crippen molar-refractivity contribution in [2.24, 2.45) is 5.92 Å². The van der Waals surface area contributed by atoms with Crippen LogP contribution in [0.25, 0.3) is 0 Å². The number of ether oxygens (including phenoxy) is 1. The van der Waals surface area contributed by atoms with Crippen LogP contribution in [-0.2, 0) is 27.4 Å². The molecule has 2 aromatic rings. The van der Waals surface area contributed by atoms with Crippen LogP contribution >= 0.6 is 0 Å². The molecule has 2 atom stereocenters. The van der Waals surface area contributed by atoms with Crippen molar-refractivity contribution in [1.29, 1.82) is 0 Å². The molecule has 1 fully saturated rings. The van der Waals surface area contributed by atoms with Gasteiger partial charge in [0.15, 0.2) is 0 Å². The third-order valence-electron chi connectivity index (χ3n) is 5.12. The second-order valence-corrected chi connectivity index (χ2v) is 7.44. The number of carbonyl (C=O) groups excluding carboxylic acids is 1. The predicted octanol–water partition coefficient (Wildman–Crippen LogP) is 4.10. The number of likely N-dealkylation sites (tertiary alicyclic amines) is 1. The van der Waals surface area contributed by atoms with Gasteiger partial charge in [-0.1, -0.05) is 37.3 Å². The van der Waals surface area contributed by atoms with Gasteiger partial charge in [-0.05, 0) is 36.1 Å². The Morgan fingerprint density at radius 2 is 1.75 bits per heavy atom. The molecule has 1 N–H and O–H groups in total. The smallest absolute Gasteiger partial charge is 0.475 e. The van der Waals surface area contributed by atoms with Gasteiger partial charge in [0, 0.05) is 37.8 Å². The fourth-order valence-electron chi connectivity index (χ4n) is 3.48. The molecule has 0 bridgehead atoms. The zero-order chi connectivity index (χ0) is 23.6. The molecule has 3 rings (SSSR count). The quantitative estimate of drug-likeness (QED) is 0.714. The Bertz CT molecular complexity index is 847. The van der Waals surface area contributed by atoms with E-state index in [1.54, 1.807) is 12.4 Å². The molecular weight excluding hydrogens is 425 g/mol. The Morgan fingerprint density at radius 3 is 2.31 bits per heavy atom. The molecule has 0 unspecified atom stereocenters. The first-order valence-electron chi connectivity index (χ1n) is 10.3. The number of rotatable bonds is 6. The summed E-state index contributed by atoms with van der Waals surface area (Å²) >= 11 is 0. The highest BCUT2D eigenvalue weighted by Crippen LogP contribution is 2.25. The lowest BCUT2D eigenvalue weighted by Crippen LogP contribution is -2.47. The molecule has 0 spiro atoms. The normalized spacial score (nSPS) is 18.4. The van der Waals surface area contributed by atoms with Crippen molar-refractivity contribution < 1.29 is 32.6 Å². The highest BCUT2D eigenvalue weighted by Gasteiger charge is 2.38. The fourth-order valence-corrected chi connectivity index (χ4v) is 3.48. The van der Waals surface area contributed by atoms with Gasteiger partial charge in [-0.15, -0.1) is 0 Å². The van der Waals surface area contributed by atoms with Gasteiger partial charge in [0.25, 0.3) is 0 Å². The topological polar surface area (TPSA) is 79.7 Å². The molecule has 1 amide bonds. The second kappa shape index (κ2) is 12.2. The first kappa shape index (κ1) is 25.3. The molecule has 6 nitrogen and oxygen atoms in total. The van der Waals surface area contributed by atoms with Gasteiger partial charge in [-0.25, -0.2) is 4.79 Å². The van der Waals surface area contributed by atoms with E-state index < -0.39 is 12.1 Å². The van der Waals surface area contributed by atoms with Crippen LogP contribution < -0.4 is 0 Å². The number of nitrogens with zero attached hydrogens (tertiary/aromatic N) is 2. The SMILES string of the molecule is CCC(=O)N1CC[C@@H](OCc2ccncc2)[C@@H](Cc2ccccc2)C1.O=C(O)C(F)(F)F. The van der Waals surface area contributed by atoms with Crippen LogP contribution in [-0.4, -0.2) is 52.2 Å². The second-order valence-electron chi connectivity index (χ2n) is 7.44. The number of alkyl halides is 3. The Balaban J connectivity index is 0.000000451. The summed E-state index contributed by atoms with van der Waals surface area (Å²) in [6.07, 6.45) is 1.09. The van der Waals surface area contributed by atoms with Gasteiger partial charge in [-0.2, -0.15) is 13.2 Å². The molecule has 0 radical (unpaired) electrons. The molecule has 2 heterocycles. The summed E-state index contributed by atoms with van der Waals surface area (Å²) in [5, 5.41) is 7.12. The summed E-state index contributed by atoms with van der Waals surface area (Å²) in [6.45, 7) is 4.10. The Hall–Kier alpha value is -2.94. The van der Waals surface area contributed by atoms with Crippen LogP contribution in [0.3, 0.4) is 0 Å². The summed E-state index contributed by atoms with van der Waals surface area (Å²) in [7, 11) is 0. The molecule has 1 aromatic heterocycles. The maximum atomic E-state index is 12.1. The molecule has 0 saturated carbocycles. The summed E-state index contributed by atoms with van der Waals surface area (Å²) in [5.74, 6) is -2.19. The molecule has 1 aliphatic rings. The van der Waals surface area contributed by atoms with Crippen LogP contribution in [0.15, 0.2) is 54.9 Å². The van der Waals surface area contributed by atoms with E-state index in [4.69, 9.17) is 14.6 Å². The van der Waals surface area contributed by atoms with Crippen LogP contribution in [0.2, 0.25) is 0 Å². The number of hydrogen-bond donors (Lipinski definition) is 1. The maximum Gasteiger partial charge on any atom is 0.490 e. The minimum absolute atomic E-state index is 0.175. The lowest BCUT2D eigenvalue weighted by atomic mass is 9.88. The number of carboxylic acids is 1. The number of benzene rings is 1. The minimum Gasteiger partial charge on any atom is -0.475 e. The number of halogens is 3. The number of hydrogen-bond acceptors (Lipinski definition) is 4. The van der Waals surface area contributed by atoms with E-state index in [1.165, 1.54) is 5.56 Å². The summed E-state index contributed by atoms with van der Waals surface area (Å²) < 4.78 is 38.0. The first-order valence-corrected chi connectivity index (χ1v) is 10.3. The van der Waals surface area contributed by atoms with Crippen molar-refractivity contribution >= 4 is 11.9 Å². The number of piperidine rings is 1. The number of carbonyl (C=O) groups is 2. The zero-order valence-electron chi connectivity index (χ0n) is 17.8. The van der Waals surface area contributed by atoms with Crippen molar-refractivity contribution in [2.75, 3.05) is 13.1 Å². The average molecular weight is 452 g/mol. The van der Waals surface area contributed by atoms with Crippen LogP contribution in [0.1, 0.15) is 30.9 Å². The van der Waals surface area contributed by atoms with Crippen LogP contribution in [0.4, 0.5) is 13.2 Å². The van der Waals surface area contributed by atoms with Crippen molar-refractivity contribution in [2.45, 2.75) is 45.1 Å². The van der Waals surface area contributed by atoms with Gasteiger partial charge >= 0.3 is 12.1 Å². The first-order chi connectivity index (χ1) is 15.2. The standard InChI is InChI=1S/C21H26N2O2.C2HF3O2/c1-2-21(24)23-13-10-20(25-16-18-8-11-22-12-9-18)19(15-23)14-17-6-4-3-5-7-17;3-2(4,5)1(6)7/h3-9,11-12,19-20H,2,10,13-16H2,1H3;(H,6,7)/t19-,20+;/m0./s1. The van der Waals surface area contributed by atoms with E-state index in [-0.39, 0.29) is 12.0 Å². The maximum absolute atomic E-state index is 12.1. The van der Waals surface area contributed by atoms with E-state index in [1.807, 2.05) is 30.0 Å². The van der Waals surface area contributed by atoms with Crippen LogP contribution in [0, 0.1) is 5.92 Å². The third-order valence-corrected chi connectivity index (χ3v) is 5.12. The number of pyridine rings is 1. The van der Waals surface area contributed by atoms with E-state index in [9.17, 15) is 18.0 Å². The van der Waals surface area contributed by atoms with Gasteiger partial charge in [0.1, 0.15) is 0 Å². The molecule has 32 heavy (non-hydrogen) atoms. The Labute approximate surface area is 185 Å². The van der Waals surface area contributed by atoms with E-state index in [0.29, 0.717) is 18.9 Å². The molecule has 174 valence electrons. The molecule has 9 heteroatoms. The van der Waals surface area contributed by atoms with Gasteiger partial charge in [0.05, 0.1) is 12.7 Å². The number of aromatic nitrogens is 1. The van der Waals surface area contributed by atoms with Crippen molar-refractivity contribution in [3.8, 4) is 0 Å². The van der Waals surface area contributed by atoms with E-state index >= 15 is 0 Å². The van der Waals surface area contributed by atoms with Gasteiger partial charge < -0.3 is 14.7 Å². The molecule has 1 aliphatic heterocycles. The number of amides is 1. The average Bonchev–Trinajstić information content (AvgIpc) is 2.79. The molecule has 1 aromatic carbocycles. The van der Waals surface area contributed by atoms with Crippen molar-refractivity contribution in [1.82, 2.24) is 9.88 Å². The third kappa shape index (κ3) is 8.30. The molecule has 0 aliphatic carbocycles. The van der Waals surface area contributed by atoms with E-state index in [0.717, 1.165) is 31.5 Å². The fraction of sp³-hybridized carbons (Fsp3) is 0.435. The Morgan fingerprint density at radius 1 is 1.12 bits per heavy atom. The zero-order valence-corrected chi connectivity index (χ0v) is 17.8. The van der Waals surface area contributed by atoms with Gasteiger partial charge in [0.2, 0.25) is 5.91 Å². The highest BCUT2D eigenvalue weighted by molar-refractivity contribution is 5.76. The van der Waals surface area contributed by atoms with Gasteiger partial charge in [-0.3, -0.25) is 9.78 Å². The lowest BCUT2D eigenvalue weighted by Gasteiger charge is -2.38. The molecular formula is C23H27F3N2O4. The summed E-state index contributed by atoms with van der Waals surface area (Å²) in [6, 6.07) is 14.5. The van der Waals surface area contributed by atoms with Crippen LogP contribution in [0.5, 0.6) is 0 Å². The van der Waals surface area contributed by atoms with Crippen molar-refractivity contribution in [3.05, 3.63) is 66.0 Å². The van der Waals surface area contributed by atoms with E-state index in [2.05, 4.69) is 29.2 Å². The monoisotopic (exact) mass is 452 g/mol. The predicted molar refractivity (Wildman–Crippen MR) is 112 cm³/mol. The summed E-state index contributed by atoms with van der Waals surface area (Å²) in [4.78, 5) is 27.1. The highest BCUT2D eigenvalue weighted by atomic mass is 19.4. The number of carboxylic acid groups (broad SMARTS) is 1. The lowest BCUT2D eigenvalue weighted by molar-refractivity contribution is -0.192. The largest absolute Gasteiger partial charge is 0.490 e. The molecule has 1 saturated heterocycles. The minimum atomic E-state index is -5.08. The number of aliphatic carboxylic acids is 1. The Kier molecular flexibility index (Phi) is 9.64. The van der Waals surface area contributed by atoms with Crippen molar-refractivity contribution in [3.63, 3.8) is 0 Å². The summed E-state index contributed by atoms with van der Waals surface area (Å²) in [5.41, 5.74) is 2.44.